The summed E-state index contributed by atoms with van der Waals surface area (Å²) < 4.78 is 1.46. The number of rotatable bonds is 7. The van der Waals surface area contributed by atoms with Crippen molar-refractivity contribution in [1.29, 1.82) is 0 Å². The normalized spacial score (nSPS) is 18.9. The highest BCUT2D eigenvalue weighted by Crippen LogP contribution is 2.28. The zero-order chi connectivity index (χ0) is 28.4. The Bertz CT molecular complexity index is 1230. The van der Waals surface area contributed by atoms with Gasteiger partial charge in [0.05, 0.1) is 11.2 Å². The van der Waals surface area contributed by atoms with E-state index in [9.17, 15) is 14.4 Å². The fraction of sp³-hybridized carbons (Fsp3) is 0.571. The highest BCUT2D eigenvalue weighted by Gasteiger charge is 2.32. The minimum atomic E-state index is -0.947. The molecule has 2 fully saturated rings. The maximum absolute atomic E-state index is 12.8. The Balaban J connectivity index is 1.35. The first-order valence-electron chi connectivity index (χ1n) is 13.6. The Kier molecular flexibility index (Phi) is 8.43. The molecule has 212 valence electrons. The van der Waals surface area contributed by atoms with E-state index in [-0.39, 0.29) is 23.2 Å². The van der Waals surface area contributed by atoms with E-state index >= 15 is 0 Å². The van der Waals surface area contributed by atoms with E-state index in [4.69, 9.17) is 11.5 Å². The van der Waals surface area contributed by atoms with Gasteiger partial charge < -0.3 is 26.2 Å². The fourth-order valence-corrected chi connectivity index (χ4v) is 5.35. The van der Waals surface area contributed by atoms with Crippen LogP contribution in [0, 0.1) is 5.92 Å². The Morgan fingerprint density at radius 2 is 1.64 bits per heavy atom. The number of aromatic nitrogens is 2. The molecule has 0 saturated carbocycles. The molecule has 0 aliphatic carbocycles. The average molecular weight is 539 g/mol. The highest BCUT2D eigenvalue weighted by molar-refractivity contribution is 5.89. The molecule has 2 aliphatic heterocycles. The molecule has 0 unspecified atom stereocenters. The molecule has 3 amide bonds. The summed E-state index contributed by atoms with van der Waals surface area (Å²) in [5.74, 6) is 0.624. The summed E-state index contributed by atoms with van der Waals surface area (Å²) in [5, 5.41) is 2.70. The Morgan fingerprint density at radius 1 is 1.00 bits per heavy atom. The highest BCUT2D eigenvalue weighted by atomic mass is 16.2. The predicted octanol–water partition coefficient (Wildman–Crippen LogP) is 1.20. The molecule has 4 rings (SSSR count). The number of piperazine rings is 1. The molecule has 0 radical (unpaired) electrons. The summed E-state index contributed by atoms with van der Waals surface area (Å²) >= 11 is 0. The predicted molar refractivity (Wildman–Crippen MR) is 152 cm³/mol. The summed E-state index contributed by atoms with van der Waals surface area (Å²) in [6.07, 6.45) is 2.77. The molecule has 2 aliphatic rings. The summed E-state index contributed by atoms with van der Waals surface area (Å²) in [4.78, 5) is 47.7. The molecule has 1 aromatic carbocycles. The number of carbonyl (C=O) groups excluding carboxylic acids is 2. The van der Waals surface area contributed by atoms with Gasteiger partial charge in [-0.05, 0) is 63.0 Å². The minimum absolute atomic E-state index is 0.0430. The van der Waals surface area contributed by atoms with Crippen molar-refractivity contribution in [3.63, 3.8) is 0 Å². The Hall–Kier alpha value is -3.28. The van der Waals surface area contributed by atoms with E-state index in [1.807, 2.05) is 12.1 Å². The van der Waals surface area contributed by atoms with Crippen LogP contribution in [-0.2, 0) is 10.2 Å². The van der Waals surface area contributed by atoms with Crippen molar-refractivity contribution in [1.82, 2.24) is 24.3 Å². The van der Waals surface area contributed by atoms with Crippen molar-refractivity contribution in [3.05, 3.63) is 52.6 Å². The largest absolute Gasteiger partial charge is 0.354 e. The van der Waals surface area contributed by atoms with Gasteiger partial charge in [0, 0.05) is 50.9 Å². The molecule has 0 spiro atoms. The molecular formula is C28H42N8O3. The lowest BCUT2D eigenvalue weighted by Gasteiger charge is -2.37. The monoisotopic (exact) mass is 538 g/mol. The van der Waals surface area contributed by atoms with Gasteiger partial charge in [-0.2, -0.15) is 4.98 Å². The van der Waals surface area contributed by atoms with Gasteiger partial charge in [-0.25, -0.2) is 9.59 Å². The van der Waals surface area contributed by atoms with Crippen LogP contribution in [0.3, 0.4) is 0 Å². The first-order chi connectivity index (χ1) is 18.4. The van der Waals surface area contributed by atoms with Crippen LogP contribution in [0.4, 0.5) is 10.6 Å². The topological polar surface area (TPSA) is 143 Å². The number of hydrogen-bond acceptors (Lipinski definition) is 7. The molecule has 39 heavy (non-hydrogen) atoms. The smallest absolute Gasteiger partial charge is 0.338 e. The summed E-state index contributed by atoms with van der Waals surface area (Å²) in [6, 6.07) is 9.22. The van der Waals surface area contributed by atoms with Crippen molar-refractivity contribution >= 4 is 17.8 Å². The third kappa shape index (κ3) is 6.84. The van der Waals surface area contributed by atoms with Crippen LogP contribution >= 0.6 is 0 Å². The number of nitrogens with zero attached hydrogens (tertiary/aromatic N) is 5. The third-order valence-corrected chi connectivity index (χ3v) is 7.69. The van der Waals surface area contributed by atoms with Crippen LogP contribution in [0.25, 0.3) is 5.69 Å². The molecule has 1 atom stereocenters. The van der Waals surface area contributed by atoms with Gasteiger partial charge in [0.15, 0.2) is 0 Å². The molecule has 11 nitrogen and oxygen atoms in total. The molecule has 5 N–H and O–H groups in total. The number of urea groups is 1. The summed E-state index contributed by atoms with van der Waals surface area (Å²) in [5.41, 5.74) is 12.2. The summed E-state index contributed by atoms with van der Waals surface area (Å²) in [6.45, 7) is 13.2. The van der Waals surface area contributed by atoms with Gasteiger partial charge in [-0.3, -0.25) is 14.7 Å². The van der Waals surface area contributed by atoms with Gasteiger partial charge in [0.1, 0.15) is 5.82 Å². The lowest BCUT2D eigenvalue weighted by molar-refractivity contribution is -0.137. The van der Waals surface area contributed by atoms with Gasteiger partial charge >= 0.3 is 11.7 Å². The van der Waals surface area contributed by atoms with E-state index in [2.05, 4.69) is 41.2 Å². The zero-order valence-electron chi connectivity index (χ0n) is 23.5. The molecule has 2 saturated heterocycles. The molecular weight excluding hydrogens is 496 g/mol. The van der Waals surface area contributed by atoms with Crippen molar-refractivity contribution in [2.45, 2.75) is 45.1 Å². The van der Waals surface area contributed by atoms with E-state index < -0.39 is 11.2 Å². The van der Waals surface area contributed by atoms with Gasteiger partial charge in [-0.1, -0.05) is 26.0 Å². The third-order valence-electron chi connectivity index (χ3n) is 7.69. The second-order valence-electron chi connectivity index (χ2n) is 12.0. The van der Waals surface area contributed by atoms with E-state index in [1.54, 1.807) is 35.9 Å². The number of amides is 3. The van der Waals surface area contributed by atoms with E-state index in [0.29, 0.717) is 37.8 Å². The number of likely N-dealkylation sites (tertiary alicyclic amines) is 1. The van der Waals surface area contributed by atoms with Crippen LogP contribution in [0.15, 0.2) is 41.3 Å². The minimum Gasteiger partial charge on any atom is -0.338 e. The number of nitrogens with two attached hydrogens (primary N) is 2. The van der Waals surface area contributed by atoms with E-state index in [1.165, 1.54) is 10.1 Å². The van der Waals surface area contributed by atoms with Crippen molar-refractivity contribution in [2.75, 3.05) is 57.7 Å². The zero-order valence-corrected chi connectivity index (χ0v) is 23.5. The fourth-order valence-electron chi connectivity index (χ4n) is 5.35. The summed E-state index contributed by atoms with van der Waals surface area (Å²) in [7, 11) is 0. The van der Waals surface area contributed by atoms with Crippen molar-refractivity contribution in [3.8, 4) is 5.69 Å². The lowest BCUT2D eigenvalue weighted by Crippen LogP contribution is -2.58. The van der Waals surface area contributed by atoms with Crippen LogP contribution < -0.4 is 22.5 Å². The number of hydrogen-bond donors (Lipinski definition) is 3. The van der Waals surface area contributed by atoms with Crippen LogP contribution in [0.5, 0.6) is 0 Å². The molecule has 1 aromatic heterocycles. The van der Waals surface area contributed by atoms with Crippen molar-refractivity contribution in [2.24, 2.45) is 17.4 Å². The Morgan fingerprint density at radius 3 is 2.21 bits per heavy atom. The number of nitrogens with one attached hydrogen (secondary N) is 1. The second kappa shape index (κ2) is 11.4. The van der Waals surface area contributed by atoms with Gasteiger partial charge in [0.25, 0.3) is 0 Å². The lowest BCUT2D eigenvalue weighted by atomic mass is 9.84. The van der Waals surface area contributed by atoms with Crippen LogP contribution in [0.1, 0.15) is 39.7 Å². The maximum atomic E-state index is 12.8. The standard InChI is InChI=1S/C28H42N8O3/c1-27(2,19-33-11-9-20(17-29)18-33)21-5-7-22(8-6-21)36-12-10-23(32-26(36)39)31-25(38)35-15-13-34(14-16-35)24(37)28(3,4)30/h5-8,10,12,20H,9,11,13-19,29-30H2,1-4H3,(H,31,32,38,39)/t20-/m1/s1. The number of benzene rings is 1. The molecule has 2 aromatic rings. The maximum Gasteiger partial charge on any atom is 0.354 e. The molecule has 11 heteroatoms. The number of carbonyl (C=O) groups is 2. The van der Waals surface area contributed by atoms with Crippen LogP contribution in [-0.4, -0.2) is 94.1 Å². The molecule has 3 heterocycles. The second-order valence-corrected chi connectivity index (χ2v) is 12.0. The van der Waals surface area contributed by atoms with Gasteiger partial charge in [-0.15, -0.1) is 0 Å². The first kappa shape index (κ1) is 28.7. The molecule has 0 bridgehead atoms. The average Bonchev–Trinajstić information content (AvgIpc) is 3.35. The Labute approximate surface area is 230 Å². The van der Waals surface area contributed by atoms with Gasteiger partial charge in [0.2, 0.25) is 5.91 Å². The van der Waals surface area contributed by atoms with Crippen LogP contribution in [0.2, 0.25) is 0 Å². The first-order valence-corrected chi connectivity index (χ1v) is 13.6. The van der Waals surface area contributed by atoms with Crippen molar-refractivity contribution < 1.29 is 9.59 Å². The quantitative estimate of drug-likeness (QED) is 0.481. The SMILES string of the molecule is CC(C)(N)C(=O)N1CCN(C(=O)Nc2ccn(-c3ccc(C(C)(C)CN4CC[C@H](CN)C4)cc3)c(=O)n2)CC1. The van der Waals surface area contributed by atoms with E-state index in [0.717, 1.165) is 32.6 Å². The number of anilines is 1.